The van der Waals surface area contributed by atoms with Crippen LogP contribution in [0.25, 0.3) is 11.3 Å². The molecular formula is C18H19N3O2S2. The number of nitrogens with one attached hydrogen (secondary N) is 1. The summed E-state index contributed by atoms with van der Waals surface area (Å²) < 4.78 is 5.59. The van der Waals surface area contributed by atoms with Gasteiger partial charge in [0.25, 0.3) is 5.91 Å². The molecular weight excluding hydrogens is 354 g/mol. The van der Waals surface area contributed by atoms with E-state index in [1.165, 1.54) is 22.7 Å². The van der Waals surface area contributed by atoms with Crippen LogP contribution >= 0.6 is 22.7 Å². The molecule has 0 spiro atoms. The second kappa shape index (κ2) is 7.76. The Morgan fingerprint density at radius 1 is 1.20 bits per heavy atom. The summed E-state index contributed by atoms with van der Waals surface area (Å²) in [5.74, 6) is 0.692. The predicted molar refractivity (Wildman–Crippen MR) is 103 cm³/mol. The number of aromatic nitrogens is 2. The van der Waals surface area contributed by atoms with E-state index in [-0.39, 0.29) is 5.91 Å². The molecule has 0 aliphatic heterocycles. The largest absolute Gasteiger partial charge is 0.494 e. The van der Waals surface area contributed by atoms with Gasteiger partial charge >= 0.3 is 0 Å². The quantitative estimate of drug-likeness (QED) is 0.666. The molecule has 0 bridgehead atoms. The highest BCUT2D eigenvalue weighted by atomic mass is 32.1. The van der Waals surface area contributed by atoms with Crippen molar-refractivity contribution in [2.75, 3.05) is 11.9 Å². The third kappa shape index (κ3) is 4.24. The van der Waals surface area contributed by atoms with E-state index >= 15 is 0 Å². The summed E-state index contributed by atoms with van der Waals surface area (Å²) in [7, 11) is 0. The van der Waals surface area contributed by atoms with Crippen LogP contribution in [0.5, 0.6) is 5.75 Å². The van der Waals surface area contributed by atoms with E-state index in [1.807, 2.05) is 43.5 Å². The van der Waals surface area contributed by atoms with Crippen molar-refractivity contribution in [3.05, 3.63) is 45.2 Å². The Morgan fingerprint density at radius 3 is 2.60 bits per heavy atom. The van der Waals surface area contributed by atoms with E-state index in [0.29, 0.717) is 16.6 Å². The van der Waals surface area contributed by atoms with Gasteiger partial charge in [0.1, 0.15) is 10.6 Å². The normalized spacial score (nSPS) is 10.7. The molecule has 0 unspecified atom stereocenters. The number of amides is 1. The van der Waals surface area contributed by atoms with Gasteiger partial charge in [0.05, 0.1) is 23.0 Å². The summed E-state index contributed by atoms with van der Waals surface area (Å²) in [4.78, 5) is 21.8. The molecule has 0 atom stereocenters. The molecule has 0 aliphatic carbocycles. The number of ether oxygens (including phenoxy) is 1. The number of benzene rings is 1. The monoisotopic (exact) mass is 373 g/mol. The Morgan fingerprint density at radius 2 is 1.96 bits per heavy atom. The summed E-state index contributed by atoms with van der Waals surface area (Å²) in [6, 6.07) is 7.82. The number of nitrogens with zero attached hydrogens (tertiary/aromatic N) is 2. The van der Waals surface area contributed by atoms with Crippen LogP contribution in [0, 0.1) is 13.8 Å². The number of hydrogen-bond acceptors (Lipinski definition) is 6. The topological polar surface area (TPSA) is 64.1 Å². The minimum atomic E-state index is -0.160. The molecule has 130 valence electrons. The minimum absolute atomic E-state index is 0.160. The molecule has 0 radical (unpaired) electrons. The lowest BCUT2D eigenvalue weighted by Crippen LogP contribution is -2.11. The van der Waals surface area contributed by atoms with Crippen LogP contribution in [0.3, 0.4) is 0 Å². The lowest BCUT2D eigenvalue weighted by atomic mass is 10.2. The lowest BCUT2D eigenvalue weighted by molar-refractivity contribution is 0.103. The zero-order valence-electron chi connectivity index (χ0n) is 14.3. The highest BCUT2D eigenvalue weighted by molar-refractivity contribution is 7.15. The van der Waals surface area contributed by atoms with Gasteiger partial charge in [-0.15, -0.1) is 22.7 Å². The van der Waals surface area contributed by atoms with E-state index < -0.39 is 0 Å². The molecule has 0 aliphatic rings. The van der Waals surface area contributed by atoms with Gasteiger partial charge < -0.3 is 4.74 Å². The summed E-state index contributed by atoms with van der Waals surface area (Å²) >= 11 is 2.80. The molecule has 5 nitrogen and oxygen atoms in total. The molecule has 7 heteroatoms. The van der Waals surface area contributed by atoms with Gasteiger partial charge in [-0.1, -0.05) is 6.92 Å². The molecule has 1 aromatic carbocycles. The zero-order chi connectivity index (χ0) is 17.8. The van der Waals surface area contributed by atoms with Crippen LogP contribution in [-0.4, -0.2) is 22.5 Å². The number of hydrogen-bond donors (Lipinski definition) is 1. The lowest BCUT2D eigenvalue weighted by Gasteiger charge is -2.04. The van der Waals surface area contributed by atoms with Gasteiger partial charge in [-0.25, -0.2) is 9.97 Å². The number of carbonyl (C=O) groups excluding carboxylic acids is 1. The minimum Gasteiger partial charge on any atom is -0.494 e. The van der Waals surface area contributed by atoms with E-state index in [2.05, 4.69) is 22.2 Å². The fourth-order valence-corrected chi connectivity index (χ4v) is 3.83. The van der Waals surface area contributed by atoms with E-state index in [0.717, 1.165) is 34.1 Å². The second-order valence-electron chi connectivity index (χ2n) is 5.51. The maximum Gasteiger partial charge on any atom is 0.269 e. The fraction of sp³-hybridized carbons (Fsp3) is 0.278. The summed E-state index contributed by atoms with van der Waals surface area (Å²) in [5, 5.41) is 6.25. The number of rotatable bonds is 6. The van der Waals surface area contributed by atoms with Crippen LogP contribution < -0.4 is 10.1 Å². The van der Waals surface area contributed by atoms with Gasteiger partial charge in [-0.2, -0.15) is 0 Å². The van der Waals surface area contributed by atoms with Crippen molar-refractivity contribution in [3.63, 3.8) is 0 Å². The van der Waals surface area contributed by atoms with Crippen molar-refractivity contribution < 1.29 is 9.53 Å². The Labute approximate surface area is 154 Å². The van der Waals surface area contributed by atoms with Crippen LogP contribution in [0.1, 0.15) is 33.7 Å². The van der Waals surface area contributed by atoms with Gasteiger partial charge in [0.15, 0.2) is 5.13 Å². The molecule has 0 saturated carbocycles. The van der Waals surface area contributed by atoms with Crippen LogP contribution in [0.15, 0.2) is 29.6 Å². The first-order chi connectivity index (χ1) is 12.1. The highest BCUT2D eigenvalue weighted by Gasteiger charge is 2.15. The molecule has 2 aromatic heterocycles. The highest BCUT2D eigenvalue weighted by Crippen LogP contribution is 2.27. The van der Waals surface area contributed by atoms with E-state index in [1.54, 1.807) is 0 Å². The fourth-order valence-electron chi connectivity index (χ4n) is 2.30. The molecule has 0 fully saturated rings. The van der Waals surface area contributed by atoms with Crippen molar-refractivity contribution in [2.24, 2.45) is 0 Å². The molecule has 2 heterocycles. The number of anilines is 1. The van der Waals surface area contributed by atoms with Crippen molar-refractivity contribution in [3.8, 4) is 17.0 Å². The average Bonchev–Trinajstić information content (AvgIpc) is 3.19. The molecule has 3 aromatic rings. The Balaban J connectivity index is 1.69. The van der Waals surface area contributed by atoms with Gasteiger partial charge in [0.2, 0.25) is 0 Å². The molecule has 1 amide bonds. The summed E-state index contributed by atoms with van der Waals surface area (Å²) in [6.45, 7) is 6.52. The standard InChI is InChI=1S/C18H19N3O2S2/c1-4-9-23-14-7-5-13(6-8-14)15-10-24-18(20-15)21-17(22)16-11(2)19-12(3)25-16/h5-8,10H,4,9H2,1-3H3,(H,20,21,22). The first kappa shape index (κ1) is 17.6. The average molecular weight is 374 g/mol. The molecule has 1 N–H and O–H groups in total. The maximum atomic E-state index is 12.3. The predicted octanol–water partition coefficient (Wildman–Crippen LogP) is 4.92. The third-order valence-corrected chi connectivity index (χ3v) is 5.29. The van der Waals surface area contributed by atoms with E-state index in [9.17, 15) is 4.79 Å². The summed E-state index contributed by atoms with van der Waals surface area (Å²) in [5.41, 5.74) is 2.57. The first-order valence-corrected chi connectivity index (χ1v) is 9.70. The second-order valence-corrected chi connectivity index (χ2v) is 7.57. The van der Waals surface area contributed by atoms with Crippen molar-refractivity contribution in [1.29, 1.82) is 0 Å². The number of aryl methyl sites for hydroxylation is 2. The smallest absolute Gasteiger partial charge is 0.269 e. The van der Waals surface area contributed by atoms with E-state index in [4.69, 9.17) is 4.74 Å². The zero-order valence-corrected chi connectivity index (χ0v) is 16.0. The Hall–Kier alpha value is -2.25. The van der Waals surface area contributed by atoms with Crippen LogP contribution in [0.4, 0.5) is 5.13 Å². The van der Waals surface area contributed by atoms with Gasteiger partial charge in [-0.05, 0) is 44.5 Å². The maximum absolute atomic E-state index is 12.3. The molecule has 3 rings (SSSR count). The summed E-state index contributed by atoms with van der Waals surface area (Å²) in [6.07, 6.45) is 0.982. The number of thiazole rings is 2. The van der Waals surface area contributed by atoms with Gasteiger partial charge in [-0.3, -0.25) is 10.1 Å². The van der Waals surface area contributed by atoms with Crippen molar-refractivity contribution in [2.45, 2.75) is 27.2 Å². The van der Waals surface area contributed by atoms with Gasteiger partial charge in [0, 0.05) is 10.9 Å². The Kier molecular flexibility index (Phi) is 5.45. The van der Waals surface area contributed by atoms with Crippen LogP contribution in [-0.2, 0) is 0 Å². The molecule has 25 heavy (non-hydrogen) atoms. The number of carbonyl (C=O) groups is 1. The third-order valence-electron chi connectivity index (χ3n) is 3.46. The Bertz CT molecular complexity index is 869. The van der Waals surface area contributed by atoms with Crippen LogP contribution in [0.2, 0.25) is 0 Å². The van der Waals surface area contributed by atoms with Crippen molar-refractivity contribution >= 4 is 33.7 Å². The molecule has 0 saturated heterocycles. The first-order valence-electron chi connectivity index (χ1n) is 8.01. The van der Waals surface area contributed by atoms with Crippen molar-refractivity contribution in [1.82, 2.24) is 9.97 Å². The SMILES string of the molecule is CCCOc1ccc(-c2csc(NC(=O)c3sc(C)nc3C)n2)cc1.